The number of hydrogen-bond donors (Lipinski definition) is 2. The average molecular weight is 391 g/mol. The summed E-state index contributed by atoms with van der Waals surface area (Å²) < 4.78 is 18.7. The number of guanidine groups is 1. The molecular formula is C21H31FN4O2. The Morgan fingerprint density at radius 2 is 2.00 bits per heavy atom. The zero-order valence-corrected chi connectivity index (χ0v) is 16.8. The van der Waals surface area contributed by atoms with E-state index in [0.29, 0.717) is 24.2 Å². The summed E-state index contributed by atoms with van der Waals surface area (Å²) in [4.78, 5) is 18.8. The molecule has 7 heteroatoms. The van der Waals surface area contributed by atoms with Crippen LogP contribution in [-0.2, 0) is 4.79 Å². The van der Waals surface area contributed by atoms with Gasteiger partial charge in [-0.05, 0) is 50.5 Å². The van der Waals surface area contributed by atoms with Crippen molar-refractivity contribution in [2.45, 2.75) is 51.2 Å². The van der Waals surface area contributed by atoms with E-state index < -0.39 is 0 Å². The van der Waals surface area contributed by atoms with Crippen molar-refractivity contribution in [3.63, 3.8) is 0 Å². The number of halogens is 1. The molecule has 1 aromatic carbocycles. The maximum atomic E-state index is 13.0. The summed E-state index contributed by atoms with van der Waals surface area (Å²) in [5.41, 5.74) is 0. The molecule has 154 valence electrons. The van der Waals surface area contributed by atoms with Crippen molar-refractivity contribution in [1.29, 1.82) is 0 Å². The molecule has 1 saturated carbocycles. The Balaban J connectivity index is 1.40. The van der Waals surface area contributed by atoms with Gasteiger partial charge in [-0.15, -0.1) is 0 Å². The SMILES string of the molecule is CN=C(NCC(C)Oc1ccc(F)cc1)NC1CCN(C(=O)C2CCCC2)C1. The molecule has 1 amide bonds. The molecule has 2 fully saturated rings. The Bertz CT molecular complexity index is 673. The van der Waals surface area contributed by atoms with Gasteiger partial charge in [0.1, 0.15) is 17.7 Å². The molecule has 0 spiro atoms. The molecule has 1 saturated heterocycles. The minimum atomic E-state index is -0.278. The molecule has 0 radical (unpaired) electrons. The molecule has 1 aliphatic heterocycles. The number of aliphatic imine (C=N–C) groups is 1. The quantitative estimate of drug-likeness (QED) is 0.579. The molecule has 28 heavy (non-hydrogen) atoms. The van der Waals surface area contributed by atoms with Crippen LogP contribution in [0, 0.1) is 11.7 Å². The van der Waals surface area contributed by atoms with Crippen LogP contribution in [0.1, 0.15) is 39.0 Å². The van der Waals surface area contributed by atoms with E-state index in [2.05, 4.69) is 15.6 Å². The predicted molar refractivity (Wildman–Crippen MR) is 108 cm³/mol. The molecule has 3 rings (SSSR count). The molecule has 1 heterocycles. The molecule has 0 aromatic heterocycles. The number of carbonyl (C=O) groups is 1. The zero-order chi connectivity index (χ0) is 19.9. The first kappa shape index (κ1) is 20.4. The molecule has 6 nitrogen and oxygen atoms in total. The summed E-state index contributed by atoms with van der Waals surface area (Å²) in [6, 6.07) is 6.22. The highest BCUT2D eigenvalue weighted by molar-refractivity contribution is 5.81. The lowest BCUT2D eigenvalue weighted by molar-refractivity contribution is -0.134. The molecule has 0 bridgehead atoms. The van der Waals surface area contributed by atoms with E-state index in [9.17, 15) is 9.18 Å². The van der Waals surface area contributed by atoms with Gasteiger partial charge in [0.2, 0.25) is 5.91 Å². The first-order chi connectivity index (χ1) is 13.5. The standard InChI is InChI=1S/C21H31FN4O2/c1-15(28-19-9-7-17(22)8-10-19)13-24-21(23-2)25-18-11-12-26(14-18)20(27)16-5-3-4-6-16/h7-10,15-16,18H,3-6,11-14H2,1-2H3,(H2,23,24,25). The number of hydrogen-bond acceptors (Lipinski definition) is 3. The second kappa shape index (κ2) is 9.75. The molecule has 2 unspecified atom stereocenters. The second-order valence-corrected chi connectivity index (χ2v) is 7.73. The van der Waals surface area contributed by atoms with E-state index in [1.807, 2.05) is 11.8 Å². The van der Waals surface area contributed by atoms with Crippen molar-refractivity contribution in [3.8, 4) is 5.75 Å². The highest BCUT2D eigenvalue weighted by Gasteiger charge is 2.32. The van der Waals surface area contributed by atoms with E-state index >= 15 is 0 Å². The van der Waals surface area contributed by atoms with Gasteiger partial charge in [0.25, 0.3) is 0 Å². The van der Waals surface area contributed by atoms with Gasteiger partial charge in [0.05, 0.1) is 6.54 Å². The monoisotopic (exact) mass is 390 g/mol. The Morgan fingerprint density at radius 3 is 2.68 bits per heavy atom. The second-order valence-electron chi connectivity index (χ2n) is 7.73. The number of rotatable bonds is 6. The maximum absolute atomic E-state index is 13.0. The van der Waals surface area contributed by atoms with Crippen molar-refractivity contribution in [1.82, 2.24) is 15.5 Å². The van der Waals surface area contributed by atoms with Crippen molar-refractivity contribution in [3.05, 3.63) is 30.1 Å². The minimum absolute atomic E-state index is 0.104. The lowest BCUT2D eigenvalue weighted by atomic mass is 10.1. The van der Waals surface area contributed by atoms with Crippen molar-refractivity contribution < 1.29 is 13.9 Å². The fourth-order valence-corrected chi connectivity index (χ4v) is 3.92. The van der Waals surface area contributed by atoms with Gasteiger partial charge in [-0.1, -0.05) is 12.8 Å². The lowest BCUT2D eigenvalue weighted by Gasteiger charge is -2.22. The minimum Gasteiger partial charge on any atom is -0.489 e. The molecule has 1 aliphatic carbocycles. The number of benzene rings is 1. The first-order valence-electron chi connectivity index (χ1n) is 10.2. The Morgan fingerprint density at radius 1 is 1.29 bits per heavy atom. The van der Waals surface area contributed by atoms with Crippen LogP contribution < -0.4 is 15.4 Å². The normalized spacial score (nSPS) is 21.6. The number of ether oxygens (including phenoxy) is 1. The zero-order valence-electron chi connectivity index (χ0n) is 16.8. The van der Waals surface area contributed by atoms with E-state index in [0.717, 1.165) is 32.4 Å². The van der Waals surface area contributed by atoms with Gasteiger partial charge >= 0.3 is 0 Å². The van der Waals surface area contributed by atoms with Crippen molar-refractivity contribution in [2.75, 3.05) is 26.7 Å². The van der Waals surface area contributed by atoms with Gasteiger partial charge in [-0.2, -0.15) is 0 Å². The maximum Gasteiger partial charge on any atom is 0.225 e. The Hall–Kier alpha value is -2.31. The topological polar surface area (TPSA) is 66.0 Å². The highest BCUT2D eigenvalue weighted by Crippen LogP contribution is 2.27. The summed E-state index contributed by atoms with van der Waals surface area (Å²) in [5, 5.41) is 6.67. The van der Waals surface area contributed by atoms with Crippen molar-refractivity contribution >= 4 is 11.9 Å². The van der Waals surface area contributed by atoms with Gasteiger partial charge in [-0.25, -0.2) is 4.39 Å². The lowest BCUT2D eigenvalue weighted by Crippen LogP contribution is -2.47. The average Bonchev–Trinajstić information content (AvgIpc) is 3.38. The van der Waals surface area contributed by atoms with Crippen LogP contribution >= 0.6 is 0 Å². The third-order valence-electron chi connectivity index (χ3n) is 5.48. The summed E-state index contributed by atoms with van der Waals surface area (Å²) in [6.45, 7) is 4.06. The number of nitrogens with zero attached hydrogens (tertiary/aromatic N) is 2. The van der Waals surface area contributed by atoms with Crippen LogP contribution in [0.3, 0.4) is 0 Å². The summed E-state index contributed by atoms with van der Waals surface area (Å²) in [7, 11) is 1.73. The highest BCUT2D eigenvalue weighted by atomic mass is 19.1. The molecule has 1 aromatic rings. The van der Waals surface area contributed by atoms with Gasteiger partial charge < -0.3 is 20.3 Å². The fraction of sp³-hybridized carbons (Fsp3) is 0.619. The predicted octanol–water partition coefficient (Wildman–Crippen LogP) is 2.55. The van der Waals surface area contributed by atoms with Gasteiger partial charge in [0.15, 0.2) is 5.96 Å². The van der Waals surface area contributed by atoms with Crippen molar-refractivity contribution in [2.24, 2.45) is 10.9 Å². The van der Waals surface area contributed by atoms with Crippen LogP contribution in [0.2, 0.25) is 0 Å². The van der Waals surface area contributed by atoms with E-state index in [-0.39, 0.29) is 23.9 Å². The summed E-state index contributed by atoms with van der Waals surface area (Å²) in [6.07, 6.45) is 5.28. The fourth-order valence-electron chi connectivity index (χ4n) is 3.92. The molecule has 2 aliphatic rings. The van der Waals surface area contributed by atoms with Gasteiger partial charge in [-0.3, -0.25) is 9.79 Å². The molecular weight excluding hydrogens is 359 g/mol. The third-order valence-corrected chi connectivity index (χ3v) is 5.48. The summed E-state index contributed by atoms with van der Waals surface area (Å²) in [5.74, 6) is 1.62. The van der Waals surface area contributed by atoms with Crippen LogP contribution in [0.15, 0.2) is 29.3 Å². The number of nitrogens with one attached hydrogen (secondary N) is 2. The Labute approximate surface area is 166 Å². The van der Waals surface area contributed by atoms with Crippen LogP contribution in [0.4, 0.5) is 4.39 Å². The smallest absolute Gasteiger partial charge is 0.225 e. The number of carbonyl (C=O) groups excluding carboxylic acids is 1. The van der Waals surface area contributed by atoms with Crippen LogP contribution in [0.5, 0.6) is 5.75 Å². The molecule has 2 N–H and O–H groups in total. The van der Waals surface area contributed by atoms with E-state index in [1.54, 1.807) is 19.2 Å². The number of likely N-dealkylation sites (tertiary alicyclic amines) is 1. The number of amides is 1. The summed E-state index contributed by atoms with van der Waals surface area (Å²) >= 11 is 0. The molecule has 2 atom stereocenters. The van der Waals surface area contributed by atoms with E-state index in [4.69, 9.17) is 4.74 Å². The van der Waals surface area contributed by atoms with Gasteiger partial charge in [0, 0.05) is 32.1 Å². The van der Waals surface area contributed by atoms with Crippen LogP contribution in [-0.4, -0.2) is 55.6 Å². The first-order valence-corrected chi connectivity index (χ1v) is 10.2. The van der Waals surface area contributed by atoms with E-state index in [1.165, 1.54) is 25.0 Å². The largest absolute Gasteiger partial charge is 0.489 e. The third kappa shape index (κ3) is 5.59. The van der Waals surface area contributed by atoms with Crippen LogP contribution in [0.25, 0.3) is 0 Å². The Kier molecular flexibility index (Phi) is 7.12.